The van der Waals surface area contributed by atoms with Crippen LogP contribution in [0.2, 0.25) is 0 Å². The molecule has 4 rings (SSSR count). The van der Waals surface area contributed by atoms with Crippen molar-refractivity contribution in [3.63, 3.8) is 0 Å². The fraction of sp³-hybridized carbons (Fsp3) is 0.389. The van der Waals surface area contributed by atoms with Gasteiger partial charge in [-0.25, -0.2) is 9.59 Å². The van der Waals surface area contributed by atoms with Gasteiger partial charge in [0.2, 0.25) is 0 Å². The normalized spacial score (nSPS) is 17.9. The number of ether oxygens (including phenoxy) is 4. The molecule has 0 N–H and O–H groups in total. The van der Waals surface area contributed by atoms with Gasteiger partial charge in [-0.2, -0.15) is 0 Å². The van der Waals surface area contributed by atoms with Crippen LogP contribution >= 0.6 is 0 Å². The van der Waals surface area contributed by atoms with E-state index in [4.69, 9.17) is 18.9 Å². The molecule has 232 valence electrons. The Hall–Kier alpha value is -4.46. The van der Waals surface area contributed by atoms with Gasteiger partial charge in [0.1, 0.15) is 23.4 Å². The minimum Gasteiger partial charge on any atom is -0.462 e. The van der Waals surface area contributed by atoms with E-state index < -0.39 is 23.9 Å². The zero-order chi connectivity index (χ0) is 31.6. The van der Waals surface area contributed by atoms with Crippen LogP contribution < -0.4 is 14.2 Å². The molecule has 1 aliphatic rings. The summed E-state index contributed by atoms with van der Waals surface area (Å²) >= 11 is 0. The second-order valence-corrected chi connectivity index (χ2v) is 11.7. The first-order valence-electron chi connectivity index (χ1n) is 15.2. The van der Waals surface area contributed by atoms with Gasteiger partial charge in [-0.15, -0.1) is 0 Å². The van der Waals surface area contributed by atoms with Crippen molar-refractivity contribution in [1.29, 1.82) is 0 Å². The second-order valence-electron chi connectivity index (χ2n) is 11.7. The predicted octanol–water partition coefficient (Wildman–Crippen LogP) is 7.38. The van der Waals surface area contributed by atoms with E-state index in [1.807, 2.05) is 19.1 Å². The quantitative estimate of drug-likeness (QED) is 0.166. The average molecular weight is 601 g/mol. The van der Waals surface area contributed by atoms with E-state index in [0.29, 0.717) is 29.1 Å². The van der Waals surface area contributed by atoms with Gasteiger partial charge in [-0.1, -0.05) is 46.2 Å². The van der Waals surface area contributed by atoms with Crippen molar-refractivity contribution in [2.45, 2.75) is 72.3 Å². The van der Waals surface area contributed by atoms with Gasteiger partial charge >= 0.3 is 23.9 Å². The fourth-order valence-corrected chi connectivity index (χ4v) is 5.31. The van der Waals surface area contributed by atoms with Gasteiger partial charge in [0.15, 0.2) is 0 Å². The molecular weight excluding hydrogens is 560 g/mol. The van der Waals surface area contributed by atoms with Crippen molar-refractivity contribution in [2.24, 2.45) is 17.8 Å². The predicted molar refractivity (Wildman–Crippen MR) is 165 cm³/mol. The zero-order valence-corrected chi connectivity index (χ0v) is 25.7. The molecule has 0 radical (unpaired) electrons. The molecule has 0 saturated heterocycles. The number of rotatable bonds is 11. The minimum atomic E-state index is -0.608. The monoisotopic (exact) mass is 600 g/mol. The third kappa shape index (κ3) is 9.27. The largest absolute Gasteiger partial charge is 0.462 e. The molecule has 0 aliphatic heterocycles. The molecular formula is C36H40O8. The smallest absolute Gasteiger partial charge is 0.343 e. The summed E-state index contributed by atoms with van der Waals surface area (Å²) in [5.41, 5.74) is 1.82. The molecule has 0 heterocycles. The molecule has 1 saturated carbocycles. The first kappa shape index (κ1) is 32.5. The highest BCUT2D eigenvalue weighted by atomic mass is 16.6. The highest BCUT2D eigenvalue weighted by Crippen LogP contribution is 2.35. The van der Waals surface area contributed by atoms with E-state index in [9.17, 15) is 19.2 Å². The summed E-state index contributed by atoms with van der Waals surface area (Å²) < 4.78 is 21.9. The summed E-state index contributed by atoms with van der Waals surface area (Å²) in [5, 5.41) is 0. The molecule has 0 bridgehead atoms. The van der Waals surface area contributed by atoms with Gasteiger partial charge in [0.25, 0.3) is 0 Å². The van der Waals surface area contributed by atoms with Crippen molar-refractivity contribution in [2.75, 3.05) is 0 Å². The van der Waals surface area contributed by atoms with E-state index in [2.05, 4.69) is 20.8 Å². The summed E-state index contributed by atoms with van der Waals surface area (Å²) in [6.07, 6.45) is 3.64. The van der Waals surface area contributed by atoms with E-state index in [-0.39, 0.29) is 36.0 Å². The molecule has 1 aliphatic carbocycles. The lowest BCUT2D eigenvalue weighted by Crippen LogP contribution is -2.36. The van der Waals surface area contributed by atoms with Crippen LogP contribution in [-0.4, -0.2) is 30.0 Å². The number of carbonyl (C=O) groups is 4. The molecule has 0 amide bonds. The van der Waals surface area contributed by atoms with Gasteiger partial charge < -0.3 is 18.9 Å². The molecule has 3 atom stereocenters. The maximum absolute atomic E-state index is 12.6. The third-order valence-corrected chi connectivity index (χ3v) is 7.94. The SMILES string of the molecule is CCc1ccc(C(=O)Oc2ccc(OC(=O)c3ccc(OC(=O)CCC(=O)OC4CC(C)CCC4C(C)C)cc3)cc2)cc1. The highest BCUT2D eigenvalue weighted by Gasteiger charge is 2.33. The standard InChI is InChI=1S/C36H40O8/c1-5-25-7-9-26(10-8-25)35(39)42-29-15-17-30(18-16-29)43-36(40)27-11-13-28(14-12-27)41-33(37)20-21-34(38)44-32-22-24(4)6-19-31(32)23(2)3/h7-18,23-24,31-32H,5-6,19-22H2,1-4H3. The van der Waals surface area contributed by atoms with Crippen LogP contribution in [0.15, 0.2) is 72.8 Å². The second kappa shape index (κ2) is 15.3. The van der Waals surface area contributed by atoms with Crippen molar-refractivity contribution < 1.29 is 38.1 Å². The van der Waals surface area contributed by atoms with Crippen molar-refractivity contribution >= 4 is 23.9 Å². The molecule has 1 fully saturated rings. The Morgan fingerprint density at radius 2 is 1.16 bits per heavy atom. The molecule has 8 nitrogen and oxygen atoms in total. The third-order valence-electron chi connectivity index (χ3n) is 7.94. The Bertz CT molecular complexity index is 1420. The zero-order valence-electron chi connectivity index (χ0n) is 25.7. The number of hydrogen-bond donors (Lipinski definition) is 0. The van der Waals surface area contributed by atoms with Crippen LogP contribution in [-0.2, 0) is 20.7 Å². The number of aryl methyl sites for hydroxylation is 1. The molecule has 44 heavy (non-hydrogen) atoms. The van der Waals surface area contributed by atoms with Crippen LogP contribution in [0.5, 0.6) is 17.2 Å². The highest BCUT2D eigenvalue weighted by molar-refractivity contribution is 5.92. The van der Waals surface area contributed by atoms with Crippen molar-refractivity contribution in [3.8, 4) is 17.2 Å². The maximum Gasteiger partial charge on any atom is 0.343 e. The van der Waals surface area contributed by atoms with Crippen LogP contribution in [0.1, 0.15) is 86.1 Å². The summed E-state index contributed by atoms with van der Waals surface area (Å²) in [6.45, 7) is 8.51. The van der Waals surface area contributed by atoms with Crippen LogP contribution in [0.25, 0.3) is 0 Å². The Morgan fingerprint density at radius 3 is 1.68 bits per heavy atom. The number of carbonyl (C=O) groups excluding carboxylic acids is 4. The van der Waals surface area contributed by atoms with Gasteiger partial charge in [0.05, 0.1) is 24.0 Å². The number of benzene rings is 3. The molecule has 3 unspecified atom stereocenters. The first-order valence-corrected chi connectivity index (χ1v) is 15.2. The lowest BCUT2D eigenvalue weighted by Gasteiger charge is -2.36. The lowest BCUT2D eigenvalue weighted by atomic mass is 9.75. The van der Waals surface area contributed by atoms with E-state index in [0.717, 1.165) is 31.2 Å². The summed E-state index contributed by atoms with van der Waals surface area (Å²) in [5.74, 6) is 0.0731. The molecule has 3 aromatic carbocycles. The fourth-order valence-electron chi connectivity index (χ4n) is 5.31. The van der Waals surface area contributed by atoms with Crippen LogP contribution in [0, 0.1) is 17.8 Å². The summed E-state index contributed by atoms with van der Waals surface area (Å²) in [7, 11) is 0. The first-order chi connectivity index (χ1) is 21.1. The molecule has 8 heteroatoms. The summed E-state index contributed by atoms with van der Waals surface area (Å²) in [6, 6.07) is 19.3. The average Bonchev–Trinajstić information content (AvgIpc) is 3.01. The Labute approximate surface area is 258 Å². The number of hydrogen-bond acceptors (Lipinski definition) is 8. The van der Waals surface area contributed by atoms with Gasteiger partial charge in [-0.3, -0.25) is 9.59 Å². The Morgan fingerprint density at radius 1 is 0.682 bits per heavy atom. The van der Waals surface area contributed by atoms with E-state index in [1.165, 1.54) is 48.5 Å². The lowest BCUT2D eigenvalue weighted by molar-refractivity contribution is -0.157. The van der Waals surface area contributed by atoms with Crippen molar-refractivity contribution in [3.05, 3.63) is 89.5 Å². The topological polar surface area (TPSA) is 105 Å². The van der Waals surface area contributed by atoms with Gasteiger partial charge in [0, 0.05) is 0 Å². The Kier molecular flexibility index (Phi) is 11.3. The summed E-state index contributed by atoms with van der Waals surface area (Å²) in [4.78, 5) is 49.8. The Balaban J connectivity index is 1.21. The van der Waals surface area contributed by atoms with E-state index in [1.54, 1.807) is 12.1 Å². The maximum atomic E-state index is 12.6. The molecule has 0 aromatic heterocycles. The number of esters is 4. The van der Waals surface area contributed by atoms with E-state index >= 15 is 0 Å². The minimum absolute atomic E-state index is 0.0526. The van der Waals surface area contributed by atoms with Crippen LogP contribution in [0.3, 0.4) is 0 Å². The molecule has 3 aromatic rings. The van der Waals surface area contributed by atoms with Crippen molar-refractivity contribution in [1.82, 2.24) is 0 Å². The van der Waals surface area contributed by atoms with Crippen LogP contribution in [0.4, 0.5) is 0 Å². The molecule has 0 spiro atoms. The van der Waals surface area contributed by atoms with Gasteiger partial charge in [-0.05, 0) is 103 Å².